The molecule has 0 saturated heterocycles. The van der Waals surface area contributed by atoms with Crippen molar-refractivity contribution in [3.05, 3.63) is 93.7 Å². The van der Waals surface area contributed by atoms with Crippen molar-refractivity contribution in [1.82, 2.24) is 0 Å². The molecule has 0 atom stereocenters. The minimum absolute atomic E-state index is 0.160. The van der Waals surface area contributed by atoms with E-state index in [1.54, 1.807) is 25.3 Å². The Labute approximate surface area is 208 Å². The number of methoxy groups -OCH3 is 3. The van der Waals surface area contributed by atoms with Gasteiger partial charge in [0.15, 0.2) is 5.75 Å². The van der Waals surface area contributed by atoms with Gasteiger partial charge in [-0.1, -0.05) is 59.6 Å². The van der Waals surface area contributed by atoms with Gasteiger partial charge in [0, 0.05) is 12.1 Å². The monoisotopic (exact) mass is 502 g/mol. The zero-order valence-electron chi connectivity index (χ0n) is 19.0. The predicted octanol–water partition coefficient (Wildman–Crippen LogP) is 6.32. The predicted molar refractivity (Wildman–Crippen MR) is 132 cm³/mol. The smallest absolute Gasteiger partial charge is 0.341 e. The zero-order valence-corrected chi connectivity index (χ0v) is 20.5. The van der Waals surface area contributed by atoms with E-state index in [0.717, 1.165) is 16.9 Å². The molecule has 0 N–H and O–H groups in total. The average molecular weight is 503 g/mol. The lowest BCUT2D eigenvalue weighted by atomic mass is 10.0. The van der Waals surface area contributed by atoms with Gasteiger partial charge in [-0.25, -0.2) is 4.79 Å². The topological polar surface area (TPSA) is 63.2 Å². The van der Waals surface area contributed by atoms with E-state index < -0.39 is 5.97 Å². The standard InChI is InChI=1S/C26H24Cl2O6/c1-30-16-22(26(29)32-3)21-7-5-4-6-18(21)15-33-20-12-23(27)25(24(28)13-20)34-14-17-8-10-19(31-2)11-9-17/h4-13,16H,14-15H2,1-3H3/b22-16+. The molecule has 0 radical (unpaired) electrons. The van der Waals surface area contributed by atoms with Gasteiger partial charge < -0.3 is 23.7 Å². The minimum atomic E-state index is -0.515. The van der Waals surface area contributed by atoms with Crippen molar-refractivity contribution in [1.29, 1.82) is 0 Å². The number of esters is 1. The van der Waals surface area contributed by atoms with Crippen molar-refractivity contribution in [2.24, 2.45) is 0 Å². The van der Waals surface area contributed by atoms with E-state index >= 15 is 0 Å². The Kier molecular flexibility index (Phi) is 9.08. The van der Waals surface area contributed by atoms with E-state index in [-0.39, 0.29) is 12.2 Å². The first-order valence-electron chi connectivity index (χ1n) is 10.2. The summed E-state index contributed by atoms with van der Waals surface area (Å²) in [5.74, 6) is 1.07. The lowest BCUT2D eigenvalue weighted by Gasteiger charge is -2.15. The average Bonchev–Trinajstić information content (AvgIpc) is 2.85. The van der Waals surface area contributed by atoms with E-state index in [1.807, 2.05) is 42.5 Å². The molecule has 0 amide bonds. The summed E-state index contributed by atoms with van der Waals surface area (Å²) in [4.78, 5) is 12.2. The fourth-order valence-electron chi connectivity index (χ4n) is 3.15. The normalized spacial score (nSPS) is 11.0. The molecule has 178 valence electrons. The highest BCUT2D eigenvalue weighted by Crippen LogP contribution is 2.38. The molecule has 8 heteroatoms. The fourth-order valence-corrected chi connectivity index (χ4v) is 3.73. The molecule has 3 rings (SSSR count). The summed E-state index contributed by atoms with van der Waals surface area (Å²) in [6.07, 6.45) is 1.34. The quantitative estimate of drug-likeness (QED) is 0.183. The van der Waals surface area contributed by atoms with Gasteiger partial charge in [-0.05, 0) is 28.8 Å². The van der Waals surface area contributed by atoms with Crippen molar-refractivity contribution in [2.75, 3.05) is 21.3 Å². The van der Waals surface area contributed by atoms with Gasteiger partial charge >= 0.3 is 5.97 Å². The molecule has 0 aliphatic carbocycles. The van der Waals surface area contributed by atoms with Crippen LogP contribution in [0.2, 0.25) is 10.0 Å². The van der Waals surface area contributed by atoms with Crippen molar-refractivity contribution >= 4 is 34.7 Å². The number of carbonyl (C=O) groups is 1. The second kappa shape index (κ2) is 12.2. The third kappa shape index (κ3) is 6.37. The Hall–Kier alpha value is -3.35. The number of hydrogen-bond acceptors (Lipinski definition) is 6. The van der Waals surface area contributed by atoms with Crippen LogP contribution in [0.1, 0.15) is 16.7 Å². The molecule has 3 aromatic rings. The number of benzene rings is 3. The number of halogens is 2. The van der Waals surface area contributed by atoms with Crippen LogP contribution in [0.25, 0.3) is 5.57 Å². The van der Waals surface area contributed by atoms with Crippen LogP contribution in [0.4, 0.5) is 0 Å². The van der Waals surface area contributed by atoms with Crippen molar-refractivity contribution in [2.45, 2.75) is 13.2 Å². The first-order chi connectivity index (χ1) is 16.5. The van der Waals surface area contributed by atoms with E-state index in [0.29, 0.717) is 33.7 Å². The lowest BCUT2D eigenvalue weighted by molar-refractivity contribution is -0.133. The Morgan fingerprint density at radius 2 is 1.53 bits per heavy atom. The molecular formula is C26H24Cl2O6. The van der Waals surface area contributed by atoms with Gasteiger partial charge in [-0.2, -0.15) is 0 Å². The molecule has 3 aromatic carbocycles. The summed E-state index contributed by atoms with van der Waals surface area (Å²) >= 11 is 12.8. The number of rotatable bonds is 10. The molecule has 0 aliphatic rings. The summed E-state index contributed by atoms with van der Waals surface area (Å²) in [5.41, 5.74) is 2.61. The maximum absolute atomic E-state index is 12.2. The van der Waals surface area contributed by atoms with Gasteiger partial charge in [-0.15, -0.1) is 0 Å². The van der Waals surface area contributed by atoms with Crippen molar-refractivity contribution < 1.29 is 28.5 Å². The van der Waals surface area contributed by atoms with Gasteiger partial charge in [0.25, 0.3) is 0 Å². The molecular weight excluding hydrogens is 479 g/mol. The molecule has 0 aromatic heterocycles. The molecule has 34 heavy (non-hydrogen) atoms. The van der Waals surface area contributed by atoms with Gasteiger partial charge in [0.05, 0.1) is 37.6 Å². The Morgan fingerprint density at radius 1 is 0.853 bits per heavy atom. The largest absolute Gasteiger partial charge is 0.503 e. The summed E-state index contributed by atoms with van der Waals surface area (Å²) in [6, 6.07) is 18.1. The van der Waals surface area contributed by atoms with Crippen LogP contribution < -0.4 is 14.2 Å². The van der Waals surface area contributed by atoms with E-state index in [2.05, 4.69) is 0 Å². The SMILES string of the molecule is CO/C=C(/C(=O)OC)c1ccccc1COc1cc(Cl)c(OCc2ccc(OC)cc2)c(Cl)c1. The third-order valence-corrected chi connectivity index (χ3v) is 5.42. The third-order valence-electron chi connectivity index (χ3n) is 4.86. The molecule has 0 aliphatic heterocycles. The van der Waals surface area contributed by atoms with Crippen LogP contribution in [0.15, 0.2) is 66.9 Å². The minimum Gasteiger partial charge on any atom is -0.503 e. The molecule has 0 saturated carbocycles. The highest BCUT2D eigenvalue weighted by Gasteiger charge is 2.17. The Morgan fingerprint density at radius 3 is 2.15 bits per heavy atom. The number of hydrogen-bond donors (Lipinski definition) is 0. The van der Waals surface area contributed by atoms with Crippen LogP contribution in [0.3, 0.4) is 0 Å². The molecule has 0 fully saturated rings. The van der Waals surface area contributed by atoms with Crippen LogP contribution in [-0.2, 0) is 27.5 Å². The molecule has 0 unspecified atom stereocenters. The van der Waals surface area contributed by atoms with Gasteiger partial charge in [0.2, 0.25) is 0 Å². The van der Waals surface area contributed by atoms with Crippen LogP contribution in [-0.4, -0.2) is 27.3 Å². The first-order valence-corrected chi connectivity index (χ1v) is 11.0. The van der Waals surface area contributed by atoms with Gasteiger partial charge in [0.1, 0.15) is 30.3 Å². The Bertz CT molecular complexity index is 1140. The van der Waals surface area contributed by atoms with Crippen molar-refractivity contribution in [3.8, 4) is 17.2 Å². The van der Waals surface area contributed by atoms with E-state index in [9.17, 15) is 4.79 Å². The van der Waals surface area contributed by atoms with Crippen LogP contribution in [0.5, 0.6) is 17.2 Å². The van der Waals surface area contributed by atoms with E-state index in [1.165, 1.54) is 20.5 Å². The second-order valence-electron chi connectivity index (χ2n) is 7.06. The summed E-state index contributed by atoms with van der Waals surface area (Å²) < 4.78 is 26.8. The summed E-state index contributed by atoms with van der Waals surface area (Å²) in [5, 5.41) is 0.637. The molecule has 6 nitrogen and oxygen atoms in total. The summed E-state index contributed by atoms with van der Waals surface area (Å²) in [7, 11) is 4.39. The maximum atomic E-state index is 12.2. The highest BCUT2D eigenvalue weighted by atomic mass is 35.5. The number of ether oxygens (including phenoxy) is 5. The van der Waals surface area contributed by atoms with E-state index in [4.69, 9.17) is 46.9 Å². The van der Waals surface area contributed by atoms with Gasteiger partial charge in [-0.3, -0.25) is 0 Å². The lowest BCUT2D eigenvalue weighted by Crippen LogP contribution is -2.08. The molecule has 0 bridgehead atoms. The molecule has 0 heterocycles. The highest BCUT2D eigenvalue weighted by molar-refractivity contribution is 6.37. The number of carbonyl (C=O) groups excluding carboxylic acids is 1. The zero-order chi connectivity index (χ0) is 24.5. The summed E-state index contributed by atoms with van der Waals surface area (Å²) in [6.45, 7) is 0.450. The Balaban J connectivity index is 1.73. The van der Waals surface area contributed by atoms with Crippen LogP contribution >= 0.6 is 23.2 Å². The fraction of sp³-hybridized carbons (Fsp3) is 0.192. The molecule has 0 spiro atoms. The van der Waals surface area contributed by atoms with Crippen molar-refractivity contribution in [3.63, 3.8) is 0 Å². The van der Waals surface area contributed by atoms with Crippen LogP contribution in [0, 0.1) is 0 Å². The first kappa shape index (κ1) is 25.3. The maximum Gasteiger partial charge on any atom is 0.341 e. The second-order valence-corrected chi connectivity index (χ2v) is 7.87.